The number of piperazine rings is 1. The van der Waals surface area contributed by atoms with Gasteiger partial charge in [-0.15, -0.1) is 0 Å². The largest absolute Gasteiger partial charge is 0.507 e. The van der Waals surface area contributed by atoms with Gasteiger partial charge in [-0.25, -0.2) is 0 Å². The number of anilines is 1. The van der Waals surface area contributed by atoms with Crippen molar-refractivity contribution in [2.75, 3.05) is 56.9 Å². The second-order valence-corrected chi connectivity index (χ2v) is 12.6. The molecule has 0 spiro atoms. The van der Waals surface area contributed by atoms with Gasteiger partial charge in [0.2, 0.25) is 0 Å². The minimum atomic E-state index is -0.855. The van der Waals surface area contributed by atoms with Gasteiger partial charge in [-0.1, -0.05) is 40.7 Å². The summed E-state index contributed by atoms with van der Waals surface area (Å²) in [6.07, 6.45) is 5.35. The number of phenols is 1. The van der Waals surface area contributed by atoms with Crippen LogP contribution < -0.4 is 5.32 Å². The number of para-hydroxylation sites is 1. The number of nitrogens with one attached hydrogen (secondary N) is 1. The molecule has 1 aliphatic heterocycles. The highest BCUT2D eigenvalue weighted by Crippen LogP contribution is 2.23. The molecule has 0 bridgehead atoms. The number of amides is 2. The van der Waals surface area contributed by atoms with E-state index in [1.807, 2.05) is 18.2 Å². The quantitative estimate of drug-likeness (QED) is 0.219. The summed E-state index contributed by atoms with van der Waals surface area (Å²) in [7, 11) is -0.855. The van der Waals surface area contributed by atoms with Crippen molar-refractivity contribution >= 4 is 28.2 Å². The fourth-order valence-electron chi connectivity index (χ4n) is 5.05. The Labute approximate surface area is 271 Å². The van der Waals surface area contributed by atoms with Crippen molar-refractivity contribution in [1.82, 2.24) is 14.8 Å². The Balaban J connectivity index is 1.27. The van der Waals surface area contributed by atoms with E-state index < -0.39 is 16.6 Å². The van der Waals surface area contributed by atoms with Crippen LogP contribution in [0.2, 0.25) is 0 Å². The van der Waals surface area contributed by atoms with Crippen molar-refractivity contribution in [3.63, 3.8) is 0 Å². The maximum atomic E-state index is 13.4. The van der Waals surface area contributed by atoms with Crippen molar-refractivity contribution in [2.45, 2.75) is 18.2 Å². The number of aromatic nitrogens is 1. The summed E-state index contributed by atoms with van der Waals surface area (Å²) in [6.45, 7) is 7.26. The van der Waals surface area contributed by atoms with E-state index in [0.717, 1.165) is 44.7 Å². The first-order valence-corrected chi connectivity index (χ1v) is 16.5. The number of rotatable bonds is 10. The Morgan fingerprint density at radius 3 is 2.48 bits per heavy atom. The number of hydrogen-bond donors (Lipinski definition) is 3. The zero-order valence-electron chi connectivity index (χ0n) is 25.7. The normalized spacial score (nSPS) is 14.4. The van der Waals surface area contributed by atoms with Gasteiger partial charge in [-0.05, 0) is 62.4 Å². The van der Waals surface area contributed by atoms with E-state index in [0.29, 0.717) is 39.6 Å². The Bertz CT molecular complexity index is 1770. The first-order valence-electron chi connectivity index (χ1n) is 15.1. The molecule has 3 N–H and O–H groups in total. The lowest BCUT2D eigenvalue weighted by atomic mass is 10.1. The summed E-state index contributed by atoms with van der Waals surface area (Å²) in [5.74, 6) is 6.37. The molecule has 5 rings (SSSR count). The number of aliphatic hydroxyl groups is 1. The van der Waals surface area contributed by atoms with Crippen LogP contribution >= 0.6 is 0 Å². The molecule has 0 radical (unpaired) electrons. The van der Waals surface area contributed by atoms with Crippen LogP contribution in [0.4, 0.5) is 5.69 Å². The number of nitrogens with zero attached hydrogens (tertiary/aromatic N) is 4. The Hall–Kier alpha value is -4.60. The predicted octanol–water partition coefficient (Wildman–Crippen LogP) is 4.34. The van der Waals surface area contributed by atoms with E-state index in [2.05, 4.69) is 36.3 Å². The Morgan fingerprint density at radius 2 is 1.74 bits per heavy atom. The van der Waals surface area contributed by atoms with Gasteiger partial charge in [0, 0.05) is 73.2 Å². The molecular formula is C35H37N5O5S. The van der Waals surface area contributed by atoms with Gasteiger partial charge in [-0.3, -0.25) is 19.5 Å². The molecule has 1 saturated heterocycles. The number of carbonyl (C=O) groups excluding carboxylic acids is 2. The van der Waals surface area contributed by atoms with Crippen molar-refractivity contribution in [3.05, 3.63) is 107 Å². The molecule has 2 aromatic heterocycles. The highest BCUT2D eigenvalue weighted by molar-refractivity contribution is 7.87. The van der Waals surface area contributed by atoms with Crippen LogP contribution in [-0.4, -0.2) is 88.4 Å². The Kier molecular flexibility index (Phi) is 11.5. The molecule has 1 atom stereocenters. The second-order valence-electron chi connectivity index (χ2n) is 10.9. The van der Waals surface area contributed by atoms with E-state index in [4.69, 9.17) is 4.42 Å². The maximum Gasteiger partial charge on any atom is 0.291 e. The average molecular weight is 640 g/mol. The van der Waals surface area contributed by atoms with Gasteiger partial charge in [0.05, 0.1) is 23.3 Å². The summed E-state index contributed by atoms with van der Waals surface area (Å²) < 4.78 is 9.83. The molecule has 238 valence electrons. The number of aliphatic hydroxyl groups excluding tert-OH is 1. The molecular weight excluding hydrogens is 602 g/mol. The fraction of sp³-hybridized carbons (Fsp3) is 0.286. The third kappa shape index (κ3) is 8.99. The minimum Gasteiger partial charge on any atom is -0.507 e. The highest BCUT2D eigenvalue weighted by Gasteiger charge is 2.17. The lowest BCUT2D eigenvalue weighted by Crippen LogP contribution is -2.47. The van der Waals surface area contributed by atoms with Crippen molar-refractivity contribution in [3.8, 4) is 17.6 Å². The lowest BCUT2D eigenvalue weighted by molar-refractivity contribution is 0.0991. The van der Waals surface area contributed by atoms with Gasteiger partial charge >= 0.3 is 0 Å². The lowest BCUT2D eigenvalue weighted by Gasteiger charge is -2.34. The number of aromatic hydroxyl groups is 1. The summed E-state index contributed by atoms with van der Waals surface area (Å²) in [4.78, 5) is 35.4. The van der Waals surface area contributed by atoms with Gasteiger partial charge in [0.1, 0.15) is 5.75 Å². The third-order valence-corrected chi connectivity index (χ3v) is 9.45. The number of β-amino-alcohol motifs (C(OH)–C–C–N with tert-alkyl or cyclic N) is 1. The second kappa shape index (κ2) is 16.1. The van der Waals surface area contributed by atoms with Crippen LogP contribution in [0.5, 0.6) is 5.75 Å². The number of hydrogen-bond acceptors (Lipinski definition) is 8. The Morgan fingerprint density at radius 1 is 0.978 bits per heavy atom. The molecule has 11 heteroatoms. The average Bonchev–Trinajstić information content (AvgIpc) is 3.51. The highest BCUT2D eigenvalue weighted by atomic mass is 32.2. The summed E-state index contributed by atoms with van der Waals surface area (Å²) in [6, 6.07) is 17.6. The van der Waals surface area contributed by atoms with Gasteiger partial charge in [0.25, 0.3) is 11.8 Å². The number of furan rings is 1. The molecule has 0 aliphatic carbocycles. The maximum absolute atomic E-state index is 13.4. The number of aryl methyl sites for hydroxylation is 1. The third-order valence-electron chi connectivity index (χ3n) is 7.53. The van der Waals surface area contributed by atoms with Crippen LogP contribution in [-0.2, 0) is 10.7 Å². The van der Waals surface area contributed by atoms with Crippen LogP contribution in [0.15, 0.2) is 93.0 Å². The van der Waals surface area contributed by atoms with Gasteiger partial charge in [-0.2, -0.15) is 4.36 Å². The van der Waals surface area contributed by atoms with Crippen LogP contribution in [0.3, 0.4) is 0 Å². The van der Waals surface area contributed by atoms with Crippen LogP contribution in [0.25, 0.3) is 0 Å². The number of benzene rings is 2. The molecule has 10 nitrogen and oxygen atoms in total. The fourth-order valence-corrected chi connectivity index (χ4v) is 6.72. The van der Waals surface area contributed by atoms with E-state index in [1.54, 1.807) is 55.6 Å². The number of pyridine rings is 1. The zero-order valence-corrected chi connectivity index (χ0v) is 26.5. The van der Waals surface area contributed by atoms with Crippen LogP contribution in [0, 0.1) is 18.8 Å². The molecule has 4 aromatic rings. The molecule has 46 heavy (non-hydrogen) atoms. The topological polar surface area (TPSA) is 132 Å². The van der Waals surface area contributed by atoms with E-state index in [-0.39, 0.29) is 24.0 Å². The van der Waals surface area contributed by atoms with Gasteiger partial charge < -0.3 is 24.8 Å². The summed E-state index contributed by atoms with van der Waals surface area (Å²) in [5, 5.41) is 22.6. The van der Waals surface area contributed by atoms with Crippen LogP contribution in [0.1, 0.15) is 44.0 Å². The van der Waals surface area contributed by atoms with Crippen molar-refractivity contribution in [2.24, 2.45) is 4.36 Å². The van der Waals surface area contributed by atoms with Gasteiger partial charge in [0.15, 0.2) is 5.76 Å². The predicted molar refractivity (Wildman–Crippen MR) is 178 cm³/mol. The molecule has 2 amide bonds. The van der Waals surface area contributed by atoms with Crippen molar-refractivity contribution in [1.29, 1.82) is 0 Å². The molecule has 0 saturated carbocycles. The monoisotopic (exact) mass is 639 g/mol. The first-order chi connectivity index (χ1) is 22.4. The van der Waals surface area contributed by atoms with E-state index in [1.165, 1.54) is 12.5 Å². The molecule has 2 aromatic carbocycles. The number of phenolic OH excluding ortho intramolecular Hbond substituents is 1. The number of carbonyl (C=O) groups is 2. The molecule has 1 aliphatic rings. The molecule has 1 unspecified atom stereocenters. The first kappa shape index (κ1) is 32.8. The standard InChI is InChI=1S/C35H37N5O5S/c1-26-12-20-45-33(26)35(44)37-30-7-4-6-27(23-30)10-11-28-22-29(25-36-24-28)34(43)38-46(32-9-3-2-8-31(32)42)21-5-13-39-14-16-40(17-15-39)18-19-41/h2-4,6-9,12,20,22-25,41-42H,5,13-19,21H2,1H3,(H,37,44). The molecule has 3 heterocycles. The van der Waals surface area contributed by atoms with E-state index in [9.17, 15) is 19.8 Å². The SMILES string of the molecule is Cc1ccoc1C(=O)Nc1cccc(C#Cc2cncc(C(=O)N=S(CCCN3CCN(CCO)CC3)c3ccccc3O)c2)c1. The minimum absolute atomic E-state index is 0.121. The van der Waals surface area contributed by atoms with Crippen molar-refractivity contribution < 1.29 is 24.2 Å². The van der Waals surface area contributed by atoms with E-state index >= 15 is 0 Å². The molecule has 1 fully saturated rings. The smallest absolute Gasteiger partial charge is 0.291 e. The zero-order chi connectivity index (χ0) is 32.3. The summed E-state index contributed by atoms with van der Waals surface area (Å²) in [5.41, 5.74) is 2.86. The summed E-state index contributed by atoms with van der Waals surface area (Å²) >= 11 is 0.